The van der Waals surface area contributed by atoms with Crippen LogP contribution in [0.5, 0.6) is 0 Å². The molecule has 10 aromatic carbocycles. The molecule has 0 amide bonds. The molecule has 10 rings (SSSR count). The lowest BCUT2D eigenvalue weighted by Crippen LogP contribution is -2.12. The number of benzene rings is 10. The minimum atomic E-state index is 1.09. The number of nitrogens with zero attached hydrogens (tertiary/aromatic N) is 1. The summed E-state index contributed by atoms with van der Waals surface area (Å²) in [5.74, 6) is 0. The zero-order chi connectivity index (χ0) is 36.6. The molecule has 0 spiro atoms. The van der Waals surface area contributed by atoms with Gasteiger partial charge in [-0.2, -0.15) is 0 Å². The highest BCUT2D eigenvalue weighted by Crippen LogP contribution is 2.47. The van der Waals surface area contributed by atoms with Crippen LogP contribution in [0.25, 0.3) is 76.8 Å². The SMILES string of the molecule is c1ccc(-c2ccc(N(c3ccc(-c4cc5ccccc5c5ccccc45)cc3)c3ccccc3-c3cccc4ccccc34)c(-c3ccccc3)c2)cc1. The summed E-state index contributed by atoms with van der Waals surface area (Å²) in [6, 6.07) is 81.5. The predicted octanol–water partition coefficient (Wildman–Crippen LogP) is 15.3. The van der Waals surface area contributed by atoms with Crippen LogP contribution in [0.2, 0.25) is 0 Å². The molecule has 0 bridgehead atoms. The van der Waals surface area contributed by atoms with Crippen LogP contribution in [-0.4, -0.2) is 0 Å². The average molecular weight is 700 g/mol. The molecule has 0 aliphatic carbocycles. The molecular weight excluding hydrogens is 663 g/mol. The number of rotatable bonds is 7. The van der Waals surface area contributed by atoms with Gasteiger partial charge in [0.15, 0.2) is 0 Å². The Bertz CT molecular complexity index is 2960. The molecule has 258 valence electrons. The summed E-state index contributed by atoms with van der Waals surface area (Å²) in [6.07, 6.45) is 0. The Morgan fingerprint density at radius 1 is 0.236 bits per heavy atom. The second-order valence-corrected chi connectivity index (χ2v) is 14.1. The summed E-state index contributed by atoms with van der Waals surface area (Å²) < 4.78 is 0. The smallest absolute Gasteiger partial charge is 0.0540 e. The van der Waals surface area contributed by atoms with Gasteiger partial charge in [0.25, 0.3) is 0 Å². The number of para-hydroxylation sites is 1. The Hall–Kier alpha value is -7.22. The molecule has 0 N–H and O–H groups in total. The first-order valence-electron chi connectivity index (χ1n) is 18.9. The summed E-state index contributed by atoms with van der Waals surface area (Å²) in [6.45, 7) is 0. The number of hydrogen-bond donors (Lipinski definition) is 0. The van der Waals surface area contributed by atoms with Crippen molar-refractivity contribution >= 4 is 49.4 Å². The van der Waals surface area contributed by atoms with Gasteiger partial charge in [-0.05, 0) is 102 Å². The van der Waals surface area contributed by atoms with Gasteiger partial charge in [-0.3, -0.25) is 0 Å². The second kappa shape index (κ2) is 14.0. The van der Waals surface area contributed by atoms with Gasteiger partial charge in [0.1, 0.15) is 0 Å². The number of anilines is 3. The Morgan fingerprint density at radius 3 is 1.55 bits per heavy atom. The van der Waals surface area contributed by atoms with Gasteiger partial charge in [0.2, 0.25) is 0 Å². The molecule has 0 aliphatic heterocycles. The van der Waals surface area contributed by atoms with E-state index in [0.29, 0.717) is 0 Å². The third kappa shape index (κ3) is 5.93. The first kappa shape index (κ1) is 32.4. The molecule has 0 radical (unpaired) electrons. The highest BCUT2D eigenvalue weighted by atomic mass is 15.1. The second-order valence-electron chi connectivity index (χ2n) is 14.1. The van der Waals surface area contributed by atoms with Gasteiger partial charge < -0.3 is 4.90 Å². The molecule has 1 heteroatoms. The quantitative estimate of drug-likeness (QED) is 0.150. The van der Waals surface area contributed by atoms with E-state index in [1.165, 1.54) is 76.8 Å². The summed E-state index contributed by atoms with van der Waals surface area (Å²) in [5.41, 5.74) is 12.8. The summed E-state index contributed by atoms with van der Waals surface area (Å²) in [4.78, 5) is 2.45. The van der Waals surface area contributed by atoms with Crippen molar-refractivity contribution in [2.45, 2.75) is 0 Å². The predicted molar refractivity (Wildman–Crippen MR) is 235 cm³/mol. The van der Waals surface area contributed by atoms with Crippen LogP contribution in [0, 0.1) is 0 Å². The van der Waals surface area contributed by atoms with Crippen molar-refractivity contribution in [3.8, 4) is 44.5 Å². The largest absolute Gasteiger partial charge is 0.309 e. The van der Waals surface area contributed by atoms with E-state index in [9.17, 15) is 0 Å². The fourth-order valence-corrected chi connectivity index (χ4v) is 8.24. The van der Waals surface area contributed by atoms with E-state index in [-0.39, 0.29) is 0 Å². The molecule has 55 heavy (non-hydrogen) atoms. The monoisotopic (exact) mass is 699 g/mol. The van der Waals surface area contributed by atoms with Gasteiger partial charge in [0, 0.05) is 16.8 Å². The molecule has 0 unspecified atom stereocenters. The Labute approximate surface area is 322 Å². The molecule has 0 heterocycles. The fraction of sp³-hybridized carbons (Fsp3) is 0. The van der Waals surface area contributed by atoms with Crippen molar-refractivity contribution in [1.29, 1.82) is 0 Å². The topological polar surface area (TPSA) is 3.24 Å². The molecule has 0 atom stereocenters. The minimum Gasteiger partial charge on any atom is -0.309 e. The van der Waals surface area contributed by atoms with Crippen LogP contribution in [0.15, 0.2) is 224 Å². The minimum absolute atomic E-state index is 1.09. The van der Waals surface area contributed by atoms with E-state index in [1.54, 1.807) is 0 Å². The van der Waals surface area contributed by atoms with Crippen molar-refractivity contribution in [2.75, 3.05) is 4.90 Å². The lowest BCUT2D eigenvalue weighted by Gasteiger charge is -2.30. The molecule has 0 aliphatic rings. The fourth-order valence-electron chi connectivity index (χ4n) is 8.24. The van der Waals surface area contributed by atoms with Gasteiger partial charge >= 0.3 is 0 Å². The van der Waals surface area contributed by atoms with E-state index in [0.717, 1.165) is 17.1 Å². The maximum atomic E-state index is 2.45. The van der Waals surface area contributed by atoms with Crippen molar-refractivity contribution in [1.82, 2.24) is 0 Å². The van der Waals surface area contributed by atoms with E-state index >= 15 is 0 Å². The number of hydrogen-bond acceptors (Lipinski definition) is 1. The molecule has 1 nitrogen and oxygen atoms in total. The first-order valence-corrected chi connectivity index (χ1v) is 18.9. The summed E-state index contributed by atoms with van der Waals surface area (Å²) in [7, 11) is 0. The molecular formula is C54H37N. The van der Waals surface area contributed by atoms with E-state index in [2.05, 4.69) is 229 Å². The maximum Gasteiger partial charge on any atom is 0.0540 e. The van der Waals surface area contributed by atoms with Gasteiger partial charge in [0.05, 0.1) is 11.4 Å². The Balaban J connectivity index is 1.21. The number of fused-ring (bicyclic) bond motifs is 4. The molecule has 0 fully saturated rings. The van der Waals surface area contributed by atoms with Crippen molar-refractivity contribution < 1.29 is 0 Å². The molecule has 0 saturated carbocycles. The normalized spacial score (nSPS) is 11.3. The van der Waals surface area contributed by atoms with Crippen LogP contribution in [0.1, 0.15) is 0 Å². The van der Waals surface area contributed by atoms with Crippen LogP contribution in [0.3, 0.4) is 0 Å². The van der Waals surface area contributed by atoms with Crippen LogP contribution in [-0.2, 0) is 0 Å². The van der Waals surface area contributed by atoms with Gasteiger partial charge in [-0.15, -0.1) is 0 Å². The van der Waals surface area contributed by atoms with Crippen LogP contribution in [0.4, 0.5) is 17.1 Å². The molecule has 0 aromatic heterocycles. The summed E-state index contributed by atoms with van der Waals surface area (Å²) in [5, 5.41) is 7.52. The highest BCUT2D eigenvalue weighted by molar-refractivity contribution is 6.14. The van der Waals surface area contributed by atoms with Gasteiger partial charge in [-0.25, -0.2) is 0 Å². The first-order chi connectivity index (χ1) is 27.3. The average Bonchev–Trinajstić information content (AvgIpc) is 3.27. The lowest BCUT2D eigenvalue weighted by atomic mass is 9.92. The molecule has 10 aromatic rings. The van der Waals surface area contributed by atoms with Crippen molar-refractivity contribution in [2.24, 2.45) is 0 Å². The van der Waals surface area contributed by atoms with Crippen LogP contribution < -0.4 is 4.90 Å². The lowest BCUT2D eigenvalue weighted by molar-refractivity contribution is 1.28. The van der Waals surface area contributed by atoms with Crippen LogP contribution >= 0.6 is 0 Å². The highest BCUT2D eigenvalue weighted by Gasteiger charge is 2.22. The Kier molecular flexibility index (Phi) is 8.24. The standard InChI is InChI=1S/C54H37N/c1-3-16-38(17-4-1)42-32-35-54(52(36-42)40-18-5-2-6-19-40)55(53-29-14-13-27-50(53)48-28-15-22-39-20-7-9-23-45(39)48)44-33-30-41(31-34-44)51-37-43-21-8-10-24-46(43)47-25-11-12-26-49(47)51/h1-37H. The van der Waals surface area contributed by atoms with Crippen molar-refractivity contribution in [3.63, 3.8) is 0 Å². The van der Waals surface area contributed by atoms with Gasteiger partial charge in [-0.1, -0.05) is 188 Å². The third-order valence-corrected chi connectivity index (χ3v) is 10.9. The Morgan fingerprint density at radius 2 is 0.764 bits per heavy atom. The zero-order valence-electron chi connectivity index (χ0n) is 30.3. The van der Waals surface area contributed by atoms with E-state index in [1.807, 2.05) is 0 Å². The maximum absolute atomic E-state index is 2.45. The summed E-state index contributed by atoms with van der Waals surface area (Å²) >= 11 is 0. The molecule has 0 saturated heterocycles. The van der Waals surface area contributed by atoms with Crippen molar-refractivity contribution in [3.05, 3.63) is 224 Å². The third-order valence-electron chi connectivity index (χ3n) is 10.9. The zero-order valence-corrected chi connectivity index (χ0v) is 30.3. The van der Waals surface area contributed by atoms with E-state index in [4.69, 9.17) is 0 Å². The van der Waals surface area contributed by atoms with E-state index < -0.39 is 0 Å².